The van der Waals surface area contributed by atoms with Gasteiger partial charge in [-0.3, -0.25) is 24.3 Å². The Bertz CT molecular complexity index is 1570. The van der Waals surface area contributed by atoms with Crippen molar-refractivity contribution in [2.45, 2.75) is 12.8 Å². The molecule has 0 saturated heterocycles. The summed E-state index contributed by atoms with van der Waals surface area (Å²) in [5.74, 6) is -0.893. The third kappa shape index (κ3) is 4.58. The van der Waals surface area contributed by atoms with Crippen molar-refractivity contribution >= 4 is 55.9 Å². The van der Waals surface area contributed by atoms with Crippen molar-refractivity contribution in [1.29, 1.82) is 0 Å². The van der Waals surface area contributed by atoms with Gasteiger partial charge in [-0.05, 0) is 95.5 Å². The third-order valence-corrected chi connectivity index (χ3v) is 7.16. The Labute approximate surface area is 225 Å². The Morgan fingerprint density at radius 1 is 1.03 bits per heavy atom. The second-order valence-corrected chi connectivity index (χ2v) is 9.75. The maximum atomic E-state index is 13.6. The number of hydrogen-bond donors (Lipinski definition) is 2. The van der Waals surface area contributed by atoms with Gasteiger partial charge in [-0.2, -0.15) is 0 Å². The predicted molar refractivity (Wildman–Crippen MR) is 144 cm³/mol. The van der Waals surface area contributed by atoms with E-state index in [2.05, 4.69) is 26.2 Å². The number of carbonyl (C=O) groups is 3. The molecule has 1 saturated carbocycles. The minimum absolute atomic E-state index is 0.257. The summed E-state index contributed by atoms with van der Waals surface area (Å²) < 4.78 is 20.3. The predicted octanol–water partition coefficient (Wildman–Crippen LogP) is 5.22. The SMILES string of the molecule is CNC(=O)c1cc2c(Oc3ccc(N(C(=O)C4(C(N)=O)CC4)c4ccc(F)cc4)cc3)ccnc2cc1Br. The molecule has 1 aliphatic carbocycles. The lowest BCUT2D eigenvalue weighted by atomic mass is 10.0. The van der Waals surface area contributed by atoms with Crippen molar-refractivity contribution < 1.29 is 23.5 Å². The van der Waals surface area contributed by atoms with Crippen LogP contribution in [0.4, 0.5) is 15.8 Å². The van der Waals surface area contributed by atoms with Crippen molar-refractivity contribution in [1.82, 2.24) is 10.3 Å². The number of benzene rings is 3. The zero-order chi connectivity index (χ0) is 27.0. The first-order chi connectivity index (χ1) is 18.2. The Hall–Kier alpha value is -4.31. The van der Waals surface area contributed by atoms with Gasteiger partial charge in [0.1, 0.15) is 22.7 Å². The number of nitrogens with two attached hydrogens (primary N) is 1. The summed E-state index contributed by atoms with van der Waals surface area (Å²) in [6.07, 6.45) is 2.33. The number of carbonyl (C=O) groups excluding carboxylic acids is 3. The molecule has 4 aromatic rings. The fourth-order valence-electron chi connectivity index (χ4n) is 4.21. The number of rotatable bonds is 7. The molecule has 0 atom stereocenters. The van der Waals surface area contributed by atoms with Gasteiger partial charge in [-0.1, -0.05) is 0 Å². The number of amides is 3. The van der Waals surface area contributed by atoms with Crippen LogP contribution < -0.4 is 20.7 Å². The van der Waals surface area contributed by atoms with Crippen LogP contribution in [-0.4, -0.2) is 29.8 Å². The summed E-state index contributed by atoms with van der Waals surface area (Å²) in [6, 6.07) is 17.3. The lowest BCUT2D eigenvalue weighted by Crippen LogP contribution is -2.41. The minimum atomic E-state index is -1.27. The fraction of sp³-hybridized carbons (Fsp3) is 0.143. The van der Waals surface area contributed by atoms with Gasteiger partial charge in [0.25, 0.3) is 5.91 Å². The number of anilines is 2. The molecule has 1 aromatic heterocycles. The zero-order valence-electron chi connectivity index (χ0n) is 20.2. The van der Waals surface area contributed by atoms with Gasteiger partial charge in [0.2, 0.25) is 11.8 Å². The van der Waals surface area contributed by atoms with Crippen LogP contribution in [0, 0.1) is 11.2 Å². The first-order valence-corrected chi connectivity index (χ1v) is 12.5. The highest BCUT2D eigenvalue weighted by Gasteiger charge is 2.57. The standard InChI is InChI=1S/C28H22BrFN4O4/c1-32-25(35)20-14-21-23(15-22(20)29)33-13-10-24(21)38-19-8-6-18(7-9-19)34(17-4-2-16(30)3-5-17)27(37)28(11-12-28)26(31)36/h2-10,13-15H,11-12H2,1H3,(H2,31,36)(H,32,35). The van der Waals surface area contributed by atoms with Crippen LogP contribution in [0.3, 0.4) is 0 Å². The largest absolute Gasteiger partial charge is 0.457 e. The first kappa shape index (κ1) is 25.3. The first-order valence-electron chi connectivity index (χ1n) is 11.7. The lowest BCUT2D eigenvalue weighted by Gasteiger charge is -2.26. The molecule has 5 rings (SSSR count). The van der Waals surface area contributed by atoms with E-state index in [4.69, 9.17) is 10.5 Å². The van der Waals surface area contributed by atoms with E-state index in [0.29, 0.717) is 56.7 Å². The molecule has 0 aliphatic heterocycles. The van der Waals surface area contributed by atoms with Crippen LogP contribution in [0.1, 0.15) is 23.2 Å². The number of primary amides is 1. The van der Waals surface area contributed by atoms with E-state index in [1.54, 1.807) is 55.7 Å². The highest BCUT2D eigenvalue weighted by Crippen LogP contribution is 2.49. The number of fused-ring (bicyclic) bond motifs is 1. The van der Waals surface area contributed by atoms with Crippen molar-refractivity contribution in [2.75, 3.05) is 11.9 Å². The number of aromatic nitrogens is 1. The highest BCUT2D eigenvalue weighted by molar-refractivity contribution is 9.10. The molecule has 3 N–H and O–H groups in total. The molecule has 0 bridgehead atoms. The van der Waals surface area contributed by atoms with Crippen LogP contribution >= 0.6 is 15.9 Å². The Morgan fingerprint density at radius 2 is 1.66 bits per heavy atom. The molecule has 8 nitrogen and oxygen atoms in total. The molecular weight excluding hydrogens is 555 g/mol. The fourth-order valence-corrected chi connectivity index (χ4v) is 4.72. The molecule has 0 unspecified atom stereocenters. The van der Waals surface area contributed by atoms with Crippen molar-refractivity contribution in [3.05, 3.63) is 88.8 Å². The molecule has 1 aliphatic rings. The van der Waals surface area contributed by atoms with Crippen LogP contribution in [0.5, 0.6) is 11.5 Å². The van der Waals surface area contributed by atoms with Crippen LogP contribution in [0.15, 0.2) is 77.4 Å². The van der Waals surface area contributed by atoms with Crippen molar-refractivity contribution in [3.63, 3.8) is 0 Å². The number of halogens is 2. The summed E-state index contributed by atoms with van der Waals surface area (Å²) >= 11 is 3.41. The number of pyridine rings is 1. The average Bonchev–Trinajstić information content (AvgIpc) is 3.73. The monoisotopic (exact) mass is 576 g/mol. The Morgan fingerprint density at radius 3 is 2.24 bits per heavy atom. The Kier molecular flexibility index (Phi) is 6.58. The van der Waals surface area contributed by atoms with Gasteiger partial charge in [-0.15, -0.1) is 0 Å². The molecule has 3 amide bonds. The van der Waals surface area contributed by atoms with E-state index in [1.165, 1.54) is 29.2 Å². The van der Waals surface area contributed by atoms with Crippen molar-refractivity contribution in [2.24, 2.45) is 11.1 Å². The molecule has 0 spiro atoms. The average molecular weight is 577 g/mol. The summed E-state index contributed by atoms with van der Waals surface area (Å²) in [4.78, 5) is 43.6. The summed E-state index contributed by atoms with van der Waals surface area (Å²) in [7, 11) is 1.55. The summed E-state index contributed by atoms with van der Waals surface area (Å²) in [5, 5.41) is 3.25. The molecule has 10 heteroatoms. The van der Waals surface area contributed by atoms with Crippen LogP contribution in [0.25, 0.3) is 10.9 Å². The second kappa shape index (κ2) is 9.86. The van der Waals surface area contributed by atoms with Gasteiger partial charge < -0.3 is 15.8 Å². The molecular formula is C28H22BrFN4O4. The normalized spacial score (nSPS) is 13.6. The van der Waals surface area contributed by atoms with Crippen LogP contribution in [0.2, 0.25) is 0 Å². The number of nitrogens with one attached hydrogen (secondary N) is 1. The molecule has 1 fully saturated rings. The smallest absolute Gasteiger partial charge is 0.252 e. The maximum Gasteiger partial charge on any atom is 0.252 e. The van der Waals surface area contributed by atoms with E-state index in [-0.39, 0.29) is 5.91 Å². The van der Waals surface area contributed by atoms with Gasteiger partial charge >= 0.3 is 0 Å². The zero-order valence-corrected chi connectivity index (χ0v) is 21.8. The molecule has 3 aromatic carbocycles. The molecule has 192 valence electrons. The molecule has 1 heterocycles. The molecule has 0 radical (unpaired) electrons. The summed E-state index contributed by atoms with van der Waals surface area (Å²) in [6.45, 7) is 0. The topological polar surface area (TPSA) is 115 Å². The van der Waals surface area contributed by atoms with E-state index in [1.807, 2.05) is 0 Å². The Balaban J connectivity index is 1.49. The maximum absolute atomic E-state index is 13.6. The van der Waals surface area contributed by atoms with Gasteiger partial charge in [0, 0.05) is 34.5 Å². The van der Waals surface area contributed by atoms with Gasteiger partial charge in [-0.25, -0.2) is 4.39 Å². The van der Waals surface area contributed by atoms with Crippen molar-refractivity contribution in [3.8, 4) is 11.5 Å². The number of nitrogens with zero attached hydrogens (tertiary/aromatic N) is 2. The van der Waals surface area contributed by atoms with Crippen LogP contribution in [-0.2, 0) is 9.59 Å². The van der Waals surface area contributed by atoms with Gasteiger partial charge in [0.05, 0.1) is 11.1 Å². The highest BCUT2D eigenvalue weighted by atomic mass is 79.9. The van der Waals surface area contributed by atoms with E-state index in [9.17, 15) is 18.8 Å². The summed E-state index contributed by atoms with van der Waals surface area (Å²) in [5.41, 5.74) is 6.23. The second-order valence-electron chi connectivity index (χ2n) is 8.90. The third-order valence-electron chi connectivity index (χ3n) is 6.50. The minimum Gasteiger partial charge on any atom is -0.457 e. The van der Waals surface area contributed by atoms with E-state index >= 15 is 0 Å². The molecule has 38 heavy (non-hydrogen) atoms. The lowest BCUT2D eigenvalue weighted by molar-refractivity contribution is -0.133. The van der Waals surface area contributed by atoms with E-state index in [0.717, 1.165) is 0 Å². The quantitative estimate of drug-likeness (QED) is 0.293. The number of ether oxygens (including phenoxy) is 1. The van der Waals surface area contributed by atoms with E-state index < -0.39 is 23.0 Å². The number of hydrogen-bond acceptors (Lipinski definition) is 5. The van der Waals surface area contributed by atoms with Gasteiger partial charge in [0.15, 0.2) is 0 Å².